The number of hydrogen-bond donors (Lipinski definition) is 11. The van der Waals surface area contributed by atoms with E-state index >= 15 is 0 Å². The van der Waals surface area contributed by atoms with Gasteiger partial charge in [0.1, 0.15) is 96.7 Å². The molecule has 8 fully saturated rings. The minimum atomic E-state index is -1.36. The summed E-state index contributed by atoms with van der Waals surface area (Å²) in [6, 6.07) is -18.6. The summed E-state index contributed by atoms with van der Waals surface area (Å²) in [7, 11) is 0. The Bertz CT molecular complexity index is 3480. The lowest BCUT2D eigenvalue weighted by molar-refractivity contribution is -0.150. The van der Waals surface area contributed by atoms with Crippen LogP contribution in [0.5, 0.6) is 0 Å². The third kappa shape index (κ3) is 19.6. The average molecular weight is 1520 g/mol. The molecule has 17 unspecified atom stereocenters. The highest BCUT2D eigenvalue weighted by atomic mass is 16.4. The zero-order chi connectivity index (χ0) is 79.4. The van der Waals surface area contributed by atoms with Crippen LogP contribution in [0, 0.1) is 5.92 Å². The predicted octanol–water partition coefficient (Wildman–Crippen LogP) is -4.14. The number of nitrogens with two attached hydrogens (primary N) is 1. The number of aliphatic carboxylic acids is 2. The van der Waals surface area contributed by atoms with Gasteiger partial charge in [-0.05, 0) is 164 Å². The Morgan fingerprint density at radius 3 is 0.935 bits per heavy atom. The number of nitrogens with zero attached hydrogens (tertiary/aromatic N) is 8. The molecule has 0 bridgehead atoms. The van der Waals surface area contributed by atoms with Crippen LogP contribution in [0.1, 0.15) is 178 Å². The molecule has 0 aromatic heterocycles. The normalized spacial score (nSPS) is 25.2. The predicted molar refractivity (Wildman–Crippen MR) is 380 cm³/mol. The molecule has 16 amide bonds. The number of likely N-dealkylation sites (tertiary alicyclic amines) is 8. The Labute approximate surface area is 627 Å². The fourth-order valence-corrected chi connectivity index (χ4v) is 16.0. The van der Waals surface area contributed by atoms with Crippen molar-refractivity contribution in [1.82, 2.24) is 81.7 Å². The van der Waals surface area contributed by atoms with Crippen LogP contribution in [-0.4, -0.2) is 311 Å². The van der Waals surface area contributed by atoms with Gasteiger partial charge in [-0.15, -0.1) is 0 Å². The van der Waals surface area contributed by atoms with Gasteiger partial charge in [0.2, 0.25) is 94.5 Å². The lowest BCUT2D eigenvalue weighted by Crippen LogP contribution is -2.60. The third-order valence-corrected chi connectivity index (χ3v) is 22.0. The Hall–Kier alpha value is -9.58. The summed E-state index contributed by atoms with van der Waals surface area (Å²) >= 11 is 0. The third-order valence-electron chi connectivity index (χ3n) is 22.0. The Balaban J connectivity index is 0.793. The molecule has 8 heterocycles. The lowest BCUT2D eigenvalue weighted by atomic mass is 10.0. The largest absolute Gasteiger partial charge is 0.481 e. The van der Waals surface area contributed by atoms with Crippen LogP contribution in [0.3, 0.4) is 0 Å². The molecule has 598 valence electrons. The van der Waals surface area contributed by atoms with Crippen molar-refractivity contribution in [1.29, 1.82) is 0 Å². The van der Waals surface area contributed by atoms with Crippen molar-refractivity contribution in [3.8, 4) is 0 Å². The van der Waals surface area contributed by atoms with Crippen LogP contribution >= 0.6 is 0 Å². The molecule has 37 nitrogen and oxygen atoms in total. The summed E-state index contributed by atoms with van der Waals surface area (Å²) in [5.74, 6) is -12.9. The van der Waals surface area contributed by atoms with Crippen molar-refractivity contribution in [2.45, 2.75) is 281 Å². The van der Waals surface area contributed by atoms with E-state index in [0.29, 0.717) is 70.6 Å². The van der Waals surface area contributed by atoms with Crippen LogP contribution < -0.4 is 48.3 Å². The Morgan fingerprint density at radius 1 is 0.315 bits per heavy atom. The molecule has 0 radical (unpaired) electrons. The number of rotatable bonds is 29. The van der Waals surface area contributed by atoms with Crippen molar-refractivity contribution < 1.29 is 96.5 Å². The number of nitrogens with one attached hydrogen (secondary N) is 8. The van der Waals surface area contributed by atoms with Crippen LogP contribution in [0.15, 0.2) is 0 Å². The fraction of sp³-hybridized carbons (Fsp3) is 0.746. The van der Waals surface area contributed by atoms with Crippen LogP contribution in [-0.2, 0) is 86.3 Å². The zero-order valence-corrected chi connectivity index (χ0v) is 63.2. The first-order chi connectivity index (χ1) is 51.0. The molecule has 8 rings (SSSR count). The number of amides is 16. The molecule has 0 spiro atoms. The Morgan fingerprint density at radius 2 is 0.583 bits per heavy atom. The highest BCUT2D eigenvalue weighted by Gasteiger charge is 2.50. The number of carboxylic acid groups (broad SMARTS) is 2. The Kier molecular flexibility index (Phi) is 28.8. The van der Waals surface area contributed by atoms with Gasteiger partial charge in [-0.3, -0.25) is 86.3 Å². The van der Waals surface area contributed by atoms with E-state index in [1.54, 1.807) is 13.8 Å². The molecule has 108 heavy (non-hydrogen) atoms. The van der Waals surface area contributed by atoms with E-state index in [-0.39, 0.29) is 90.9 Å². The van der Waals surface area contributed by atoms with Gasteiger partial charge in [0.05, 0.1) is 6.04 Å². The van der Waals surface area contributed by atoms with Gasteiger partial charge in [-0.1, -0.05) is 13.8 Å². The second-order valence-corrected chi connectivity index (χ2v) is 30.2. The van der Waals surface area contributed by atoms with Gasteiger partial charge >= 0.3 is 11.9 Å². The lowest BCUT2D eigenvalue weighted by Gasteiger charge is -2.35. The molecule has 0 aromatic carbocycles. The fourth-order valence-electron chi connectivity index (χ4n) is 16.0. The van der Waals surface area contributed by atoms with Gasteiger partial charge in [-0.2, -0.15) is 0 Å². The van der Waals surface area contributed by atoms with E-state index in [2.05, 4.69) is 42.5 Å². The summed E-state index contributed by atoms with van der Waals surface area (Å²) in [6.07, 6.45) is 4.77. The van der Waals surface area contributed by atoms with E-state index in [4.69, 9.17) is 5.73 Å². The number of carbonyl (C=O) groups excluding carboxylic acids is 16. The first-order valence-electron chi connectivity index (χ1n) is 38.1. The second-order valence-electron chi connectivity index (χ2n) is 30.2. The molecule has 12 N–H and O–H groups in total. The molecule has 8 aliphatic rings. The molecule has 0 saturated carbocycles. The highest BCUT2D eigenvalue weighted by molar-refractivity contribution is 6.02. The quantitative estimate of drug-likeness (QED) is 0.0339. The standard InChI is InChI=1S/C71H109N17O20/c1-36(2)54(80-62(98)49-22-14-32-85(49)68(104)51-24-16-34-87(51)65(101)42(8)77-59(95)45-18-11-29-82(45)66(102)44(26-27-53(89)90)79-61(97)48-21-10-28-81(48)63(99)37(3)72)70(106)88-35-17-25-52(88)69(105)83-30-12-19-46(83)58(94)75-40(6)56(92)73-38(4)55(91)74-39(5)57(93)76-41(7)64(100)86-33-15-23-50(86)67(103)84-31-13-20-47(84)60(96)78-43(9)71(107)108/h36-52,54H,10-35,72H2,1-9H3,(H,73,92)(H,74,91)(H,75,94)(H,76,93)(H,77,95)(H,78,96)(H,79,97)(H,80,98)(H,89,90)(H,107,108). The van der Waals surface area contributed by atoms with Crippen molar-refractivity contribution in [2.24, 2.45) is 11.7 Å². The maximum atomic E-state index is 14.7. The van der Waals surface area contributed by atoms with Crippen molar-refractivity contribution in [3.05, 3.63) is 0 Å². The molecule has 17 atom stereocenters. The first kappa shape index (κ1) is 84.0. The molecule has 8 saturated heterocycles. The minimum Gasteiger partial charge on any atom is -0.481 e. The van der Waals surface area contributed by atoms with E-state index in [1.165, 1.54) is 87.7 Å². The van der Waals surface area contributed by atoms with E-state index in [1.807, 2.05) is 0 Å². The topological polar surface area (TPSA) is 496 Å². The molecule has 8 aliphatic heterocycles. The summed E-state index contributed by atoms with van der Waals surface area (Å²) in [5.41, 5.74) is 5.82. The van der Waals surface area contributed by atoms with E-state index in [9.17, 15) is 96.5 Å². The van der Waals surface area contributed by atoms with Crippen molar-refractivity contribution in [3.63, 3.8) is 0 Å². The second kappa shape index (κ2) is 37.0. The van der Waals surface area contributed by atoms with Crippen LogP contribution in [0.4, 0.5) is 0 Å². The number of hydrogen-bond acceptors (Lipinski definition) is 19. The minimum absolute atomic E-state index is 0.0902. The maximum absolute atomic E-state index is 14.7. The molecule has 0 aromatic rings. The highest BCUT2D eigenvalue weighted by Crippen LogP contribution is 2.31. The average Bonchev–Trinajstić information content (AvgIpc) is 1.63. The van der Waals surface area contributed by atoms with Crippen LogP contribution in [0.25, 0.3) is 0 Å². The van der Waals surface area contributed by atoms with Gasteiger partial charge in [0.15, 0.2) is 0 Å². The first-order valence-corrected chi connectivity index (χ1v) is 38.1. The summed E-state index contributed by atoms with van der Waals surface area (Å²) in [6.45, 7) is 14.6. The van der Waals surface area contributed by atoms with Crippen molar-refractivity contribution in [2.75, 3.05) is 52.4 Å². The SMILES string of the molecule is CC(N)C(=O)N1CCCC1C(=O)NC(CCC(=O)O)C(=O)N1CCCC1C(=O)NC(C)C(=O)N1CCCC1C(=O)N1CCCC1C(=O)NC(C(=O)N1CCCC1C(=O)N1CCCC1C(=O)NC(C)C(=O)NC(C)C(=O)NC(C)C(=O)NC(C)C(=O)N1CCCC1C(=O)N1CCCC1C(=O)NC(C)C(=O)O)C(C)C. The van der Waals surface area contributed by atoms with E-state index < -0.39 is 222 Å². The van der Waals surface area contributed by atoms with Gasteiger partial charge in [0.25, 0.3) is 0 Å². The molecule has 0 aliphatic carbocycles. The van der Waals surface area contributed by atoms with Crippen molar-refractivity contribution >= 4 is 106 Å². The smallest absolute Gasteiger partial charge is 0.325 e. The summed E-state index contributed by atoms with van der Waals surface area (Å²) in [5, 5.41) is 39.6. The van der Waals surface area contributed by atoms with Crippen LogP contribution in [0.2, 0.25) is 0 Å². The zero-order valence-electron chi connectivity index (χ0n) is 63.2. The summed E-state index contributed by atoms with van der Waals surface area (Å²) in [4.78, 5) is 256. The molecular formula is C71H109N17O20. The molecule has 37 heteroatoms. The summed E-state index contributed by atoms with van der Waals surface area (Å²) < 4.78 is 0. The monoisotopic (exact) mass is 1520 g/mol. The van der Waals surface area contributed by atoms with Gasteiger partial charge in [-0.25, -0.2) is 0 Å². The number of carbonyl (C=O) groups is 18. The van der Waals surface area contributed by atoms with E-state index in [0.717, 1.165) is 0 Å². The molecular weight excluding hydrogens is 1410 g/mol. The van der Waals surface area contributed by atoms with Gasteiger partial charge in [0, 0.05) is 58.8 Å². The maximum Gasteiger partial charge on any atom is 0.325 e. The number of carboxylic acids is 2. The van der Waals surface area contributed by atoms with Gasteiger partial charge < -0.3 is 97.7 Å².